The van der Waals surface area contributed by atoms with Gasteiger partial charge in [0.2, 0.25) is 5.95 Å². The third-order valence-corrected chi connectivity index (χ3v) is 5.05. The molecule has 142 valence electrons. The summed E-state index contributed by atoms with van der Waals surface area (Å²) in [5.74, 6) is 1.48. The molecule has 3 aromatic rings. The summed E-state index contributed by atoms with van der Waals surface area (Å²) < 4.78 is 7.64. The summed E-state index contributed by atoms with van der Waals surface area (Å²) in [5.41, 5.74) is 4.34. The zero-order valence-corrected chi connectivity index (χ0v) is 16.5. The van der Waals surface area contributed by atoms with E-state index in [1.165, 1.54) is 11.1 Å². The zero-order valence-electron chi connectivity index (χ0n) is 16.5. The fraction of sp³-hybridized carbons (Fsp3) is 0.450. The van der Waals surface area contributed by atoms with Crippen LogP contribution in [0.1, 0.15) is 25.0 Å². The summed E-state index contributed by atoms with van der Waals surface area (Å²) in [5, 5.41) is 8.76. The van der Waals surface area contributed by atoms with Crippen molar-refractivity contribution in [2.45, 2.75) is 39.9 Å². The smallest absolute Gasteiger partial charge is 0.229 e. The van der Waals surface area contributed by atoms with Crippen LogP contribution in [0, 0.1) is 13.8 Å². The molecule has 3 heterocycles. The molecule has 0 spiro atoms. The lowest BCUT2D eigenvalue weighted by Gasteiger charge is -2.35. The molecule has 2 unspecified atom stereocenters. The third-order valence-electron chi connectivity index (χ3n) is 5.05. The van der Waals surface area contributed by atoms with Crippen molar-refractivity contribution in [3.8, 4) is 0 Å². The maximum absolute atomic E-state index is 5.85. The van der Waals surface area contributed by atoms with Gasteiger partial charge in [-0.05, 0) is 51.0 Å². The van der Waals surface area contributed by atoms with Crippen LogP contribution in [-0.4, -0.2) is 45.0 Å². The van der Waals surface area contributed by atoms with Crippen LogP contribution in [0.3, 0.4) is 0 Å². The predicted molar refractivity (Wildman–Crippen MR) is 108 cm³/mol. The molecule has 1 fully saturated rings. The number of nitrogens with one attached hydrogen (secondary N) is 1. The van der Waals surface area contributed by atoms with E-state index in [-0.39, 0.29) is 12.2 Å². The van der Waals surface area contributed by atoms with Crippen molar-refractivity contribution in [3.05, 3.63) is 35.5 Å². The van der Waals surface area contributed by atoms with Crippen LogP contribution in [-0.2, 0) is 11.8 Å². The van der Waals surface area contributed by atoms with E-state index in [1.807, 2.05) is 13.2 Å². The van der Waals surface area contributed by atoms with Gasteiger partial charge in [-0.2, -0.15) is 15.1 Å². The van der Waals surface area contributed by atoms with Crippen molar-refractivity contribution < 1.29 is 4.74 Å². The van der Waals surface area contributed by atoms with E-state index in [2.05, 4.69) is 61.2 Å². The first kappa shape index (κ1) is 17.7. The second-order valence-corrected chi connectivity index (χ2v) is 7.46. The van der Waals surface area contributed by atoms with Crippen LogP contribution in [0.25, 0.3) is 11.0 Å². The molecule has 7 nitrogen and oxygen atoms in total. The average molecular weight is 366 g/mol. The number of hydrogen-bond donors (Lipinski definition) is 1. The highest BCUT2D eigenvalue weighted by Gasteiger charge is 2.25. The number of aryl methyl sites for hydroxylation is 3. The molecule has 7 heteroatoms. The van der Waals surface area contributed by atoms with Crippen LogP contribution in [0.4, 0.5) is 17.5 Å². The number of benzene rings is 1. The van der Waals surface area contributed by atoms with E-state index in [4.69, 9.17) is 14.7 Å². The van der Waals surface area contributed by atoms with E-state index >= 15 is 0 Å². The monoisotopic (exact) mass is 366 g/mol. The first-order valence-electron chi connectivity index (χ1n) is 9.35. The highest BCUT2D eigenvalue weighted by atomic mass is 16.5. The van der Waals surface area contributed by atoms with Crippen molar-refractivity contribution in [2.24, 2.45) is 7.05 Å². The van der Waals surface area contributed by atoms with Gasteiger partial charge in [-0.15, -0.1) is 0 Å². The first-order chi connectivity index (χ1) is 12.9. The average Bonchev–Trinajstić information content (AvgIpc) is 2.99. The lowest BCUT2D eigenvalue weighted by molar-refractivity contribution is -0.00569. The number of aromatic nitrogens is 4. The molecule has 1 aliphatic heterocycles. The second-order valence-electron chi connectivity index (χ2n) is 7.46. The first-order valence-corrected chi connectivity index (χ1v) is 9.35. The Kier molecular flexibility index (Phi) is 4.47. The second kappa shape index (κ2) is 6.81. The van der Waals surface area contributed by atoms with Crippen LogP contribution in [0.5, 0.6) is 0 Å². The van der Waals surface area contributed by atoms with Crippen molar-refractivity contribution in [1.82, 2.24) is 19.7 Å². The normalized spacial score (nSPS) is 20.3. The highest BCUT2D eigenvalue weighted by molar-refractivity contribution is 5.89. The number of rotatable bonds is 3. The Labute approximate surface area is 159 Å². The van der Waals surface area contributed by atoms with E-state index in [9.17, 15) is 0 Å². The van der Waals surface area contributed by atoms with Gasteiger partial charge in [-0.3, -0.25) is 4.68 Å². The topological polar surface area (TPSA) is 68.1 Å². The molecule has 0 aliphatic carbocycles. The Bertz CT molecular complexity index is 972. The quantitative estimate of drug-likeness (QED) is 0.767. The van der Waals surface area contributed by atoms with Crippen LogP contribution in [0.2, 0.25) is 0 Å². The maximum Gasteiger partial charge on any atom is 0.229 e. The van der Waals surface area contributed by atoms with Gasteiger partial charge in [0.15, 0.2) is 5.65 Å². The van der Waals surface area contributed by atoms with Gasteiger partial charge in [0.1, 0.15) is 5.82 Å². The van der Waals surface area contributed by atoms with Gasteiger partial charge >= 0.3 is 0 Å². The van der Waals surface area contributed by atoms with Crippen molar-refractivity contribution in [3.63, 3.8) is 0 Å². The number of fused-ring (bicyclic) bond motifs is 1. The zero-order chi connectivity index (χ0) is 19.1. The lowest BCUT2D eigenvalue weighted by Crippen LogP contribution is -2.46. The number of nitrogens with zero attached hydrogens (tertiary/aromatic N) is 5. The summed E-state index contributed by atoms with van der Waals surface area (Å²) in [7, 11) is 1.91. The molecule has 0 amide bonds. The van der Waals surface area contributed by atoms with E-state index in [0.717, 1.165) is 35.6 Å². The van der Waals surface area contributed by atoms with Crippen LogP contribution < -0.4 is 10.2 Å². The lowest BCUT2D eigenvalue weighted by atomic mass is 10.1. The number of ether oxygens (including phenoxy) is 1. The van der Waals surface area contributed by atoms with Gasteiger partial charge in [-0.1, -0.05) is 6.07 Å². The summed E-state index contributed by atoms with van der Waals surface area (Å²) in [4.78, 5) is 11.8. The molecule has 1 aromatic carbocycles. The van der Waals surface area contributed by atoms with Crippen molar-refractivity contribution >= 4 is 28.5 Å². The number of anilines is 3. The van der Waals surface area contributed by atoms with Crippen LogP contribution in [0.15, 0.2) is 24.4 Å². The summed E-state index contributed by atoms with van der Waals surface area (Å²) in [6, 6.07) is 6.33. The standard InChI is InChI=1S/C20H26N6O/c1-12-6-7-16(8-13(12)2)22-18-17-9-21-25(5)19(17)24-20(23-18)26-10-14(3)27-15(4)11-26/h6-9,14-15H,10-11H2,1-5H3,(H,22,23,24). The summed E-state index contributed by atoms with van der Waals surface area (Å²) >= 11 is 0. The fourth-order valence-corrected chi connectivity index (χ4v) is 3.54. The Morgan fingerprint density at radius 3 is 2.52 bits per heavy atom. The molecule has 1 N–H and O–H groups in total. The van der Waals surface area contributed by atoms with E-state index in [0.29, 0.717) is 5.95 Å². The number of hydrogen-bond acceptors (Lipinski definition) is 6. The largest absolute Gasteiger partial charge is 0.372 e. The summed E-state index contributed by atoms with van der Waals surface area (Å²) in [6.45, 7) is 9.94. The molecule has 27 heavy (non-hydrogen) atoms. The van der Waals surface area contributed by atoms with Gasteiger partial charge in [0, 0.05) is 25.8 Å². The van der Waals surface area contributed by atoms with Crippen molar-refractivity contribution in [1.29, 1.82) is 0 Å². The Hall–Kier alpha value is -2.67. The molecule has 0 bridgehead atoms. The number of morpholine rings is 1. The Morgan fingerprint density at radius 1 is 1.07 bits per heavy atom. The SMILES string of the molecule is Cc1ccc(Nc2nc(N3CC(C)OC(C)C3)nc3c2cnn3C)cc1C. The molecular formula is C20H26N6O. The van der Waals surface area contributed by atoms with Gasteiger partial charge < -0.3 is 15.0 Å². The van der Waals surface area contributed by atoms with Gasteiger partial charge in [0.25, 0.3) is 0 Å². The minimum Gasteiger partial charge on any atom is -0.372 e. The third kappa shape index (κ3) is 3.47. The molecular weight excluding hydrogens is 340 g/mol. The minimum absolute atomic E-state index is 0.149. The molecule has 1 saturated heterocycles. The maximum atomic E-state index is 5.85. The highest BCUT2D eigenvalue weighted by Crippen LogP contribution is 2.28. The van der Waals surface area contributed by atoms with Crippen molar-refractivity contribution in [2.75, 3.05) is 23.3 Å². The molecule has 2 atom stereocenters. The van der Waals surface area contributed by atoms with Crippen LogP contribution >= 0.6 is 0 Å². The predicted octanol–water partition coefficient (Wildman–Crippen LogP) is 3.34. The summed E-state index contributed by atoms with van der Waals surface area (Å²) in [6.07, 6.45) is 2.11. The van der Waals surface area contributed by atoms with Gasteiger partial charge in [-0.25, -0.2) is 0 Å². The molecule has 0 radical (unpaired) electrons. The van der Waals surface area contributed by atoms with Gasteiger partial charge in [0.05, 0.1) is 23.8 Å². The Balaban J connectivity index is 1.76. The molecule has 4 rings (SSSR count). The molecule has 0 saturated carbocycles. The van der Waals surface area contributed by atoms with E-state index < -0.39 is 0 Å². The fourth-order valence-electron chi connectivity index (χ4n) is 3.54. The Morgan fingerprint density at radius 2 is 1.81 bits per heavy atom. The molecule has 1 aliphatic rings. The molecule has 2 aromatic heterocycles. The minimum atomic E-state index is 0.149. The van der Waals surface area contributed by atoms with E-state index in [1.54, 1.807) is 4.68 Å².